The Labute approximate surface area is 152 Å². The fourth-order valence-corrected chi connectivity index (χ4v) is 2.26. The highest BCUT2D eigenvalue weighted by Gasteiger charge is 2.12. The van der Waals surface area contributed by atoms with Gasteiger partial charge in [-0.05, 0) is 30.7 Å². The minimum absolute atomic E-state index is 0.0368. The van der Waals surface area contributed by atoms with Crippen molar-refractivity contribution in [3.05, 3.63) is 57.1 Å². The first-order valence-corrected chi connectivity index (χ1v) is 7.67. The van der Waals surface area contributed by atoms with E-state index in [-0.39, 0.29) is 23.0 Å². The summed E-state index contributed by atoms with van der Waals surface area (Å²) in [4.78, 5) is 22.3. The zero-order valence-electron chi connectivity index (χ0n) is 13.5. The molecule has 0 saturated carbocycles. The molecule has 138 valence electrons. The number of nitrogens with zero attached hydrogens (tertiary/aromatic N) is 1. The Kier molecular flexibility index (Phi) is 6.29. The second kappa shape index (κ2) is 8.43. The van der Waals surface area contributed by atoms with Crippen LogP contribution in [0.15, 0.2) is 36.4 Å². The Morgan fingerprint density at radius 3 is 2.65 bits per heavy atom. The van der Waals surface area contributed by atoms with Crippen LogP contribution in [0, 0.1) is 17.0 Å². The van der Waals surface area contributed by atoms with Crippen LogP contribution in [0.3, 0.4) is 0 Å². The Morgan fingerprint density at radius 1 is 1.31 bits per heavy atom. The van der Waals surface area contributed by atoms with E-state index in [0.717, 1.165) is 0 Å². The standard InChI is InChI=1S/C16H14ClF2N3O4/c1-9-2-4-11(22(24)25)7-13(9)21-15(23)8-20-10-3-5-14(12(17)6-10)26-16(18)19/h2-7,16,20H,8H2,1H3,(H,21,23). The highest BCUT2D eigenvalue weighted by Crippen LogP contribution is 2.29. The van der Waals surface area contributed by atoms with Gasteiger partial charge in [-0.3, -0.25) is 14.9 Å². The van der Waals surface area contributed by atoms with E-state index in [1.807, 2.05) is 0 Å². The number of benzene rings is 2. The van der Waals surface area contributed by atoms with E-state index in [0.29, 0.717) is 16.9 Å². The van der Waals surface area contributed by atoms with Gasteiger partial charge in [0.1, 0.15) is 5.75 Å². The van der Waals surface area contributed by atoms with Gasteiger partial charge in [0.15, 0.2) is 0 Å². The molecule has 7 nitrogen and oxygen atoms in total. The molecule has 0 aromatic heterocycles. The Hall–Kier alpha value is -2.94. The summed E-state index contributed by atoms with van der Waals surface area (Å²) < 4.78 is 28.6. The number of alkyl halides is 2. The van der Waals surface area contributed by atoms with Crippen molar-refractivity contribution in [2.75, 3.05) is 17.2 Å². The number of carbonyl (C=O) groups is 1. The van der Waals surface area contributed by atoms with Crippen molar-refractivity contribution < 1.29 is 23.2 Å². The predicted molar refractivity (Wildman–Crippen MR) is 93.0 cm³/mol. The lowest BCUT2D eigenvalue weighted by Crippen LogP contribution is -2.22. The van der Waals surface area contributed by atoms with Gasteiger partial charge < -0.3 is 15.4 Å². The number of amides is 1. The van der Waals surface area contributed by atoms with Gasteiger partial charge >= 0.3 is 6.61 Å². The summed E-state index contributed by atoms with van der Waals surface area (Å²) in [7, 11) is 0. The van der Waals surface area contributed by atoms with Gasteiger partial charge in [-0.15, -0.1) is 0 Å². The maximum Gasteiger partial charge on any atom is 0.387 e. The van der Waals surface area contributed by atoms with Crippen LogP contribution in [0.4, 0.5) is 25.8 Å². The number of nitrogens with one attached hydrogen (secondary N) is 2. The minimum Gasteiger partial charge on any atom is -0.433 e. The number of aryl methyl sites for hydroxylation is 1. The number of hydrogen-bond donors (Lipinski definition) is 2. The lowest BCUT2D eigenvalue weighted by molar-refractivity contribution is -0.384. The first-order valence-electron chi connectivity index (χ1n) is 7.29. The second-order valence-corrected chi connectivity index (χ2v) is 5.59. The molecule has 0 fully saturated rings. The van der Waals surface area contributed by atoms with Gasteiger partial charge in [0.2, 0.25) is 5.91 Å². The molecule has 2 aromatic carbocycles. The number of hydrogen-bond acceptors (Lipinski definition) is 5. The summed E-state index contributed by atoms with van der Waals surface area (Å²) in [5.74, 6) is -0.624. The van der Waals surface area contributed by atoms with Crippen LogP contribution in [-0.2, 0) is 4.79 Å². The van der Waals surface area contributed by atoms with Crippen molar-refractivity contribution in [2.24, 2.45) is 0 Å². The van der Waals surface area contributed by atoms with E-state index in [1.54, 1.807) is 6.92 Å². The number of nitro benzene ring substituents is 1. The van der Waals surface area contributed by atoms with Crippen molar-refractivity contribution in [2.45, 2.75) is 13.5 Å². The molecule has 0 heterocycles. The van der Waals surface area contributed by atoms with Crippen molar-refractivity contribution >= 4 is 34.6 Å². The van der Waals surface area contributed by atoms with Gasteiger partial charge in [0.25, 0.3) is 5.69 Å². The molecule has 0 aliphatic carbocycles. The molecule has 0 aliphatic heterocycles. The molecule has 2 aromatic rings. The molecule has 0 aliphatic rings. The van der Waals surface area contributed by atoms with Crippen LogP contribution in [0.25, 0.3) is 0 Å². The smallest absolute Gasteiger partial charge is 0.387 e. The molecule has 0 radical (unpaired) electrons. The van der Waals surface area contributed by atoms with Crippen LogP contribution in [0.2, 0.25) is 5.02 Å². The van der Waals surface area contributed by atoms with E-state index in [2.05, 4.69) is 15.4 Å². The van der Waals surface area contributed by atoms with Crippen LogP contribution < -0.4 is 15.4 Å². The number of nitro groups is 1. The highest BCUT2D eigenvalue weighted by atomic mass is 35.5. The highest BCUT2D eigenvalue weighted by molar-refractivity contribution is 6.32. The Balaban J connectivity index is 1.98. The van der Waals surface area contributed by atoms with Crippen LogP contribution in [0.5, 0.6) is 5.75 Å². The van der Waals surface area contributed by atoms with Crippen molar-refractivity contribution in [3.63, 3.8) is 0 Å². The number of non-ortho nitro benzene ring substituents is 1. The average molecular weight is 386 g/mol. The minimum atomic E-state index is -2.99. The lowest BCUT2D eigenvalue weighted by atomic mass is 10.2. The predicted octanol–water partition coefficient (Wildman–Crippen LogP) is 4.21. The molecule has 0 saturated heterocycles. The molecule has 0 atom stereocenters. The summed E-state index contributed by atoms with van der Waals surface area (Å²) in [5.41, 5.74) is 1.27. The van der Waals surface area contributed by atoms with E-state index < -0.39 is 17.4 Å². The number of carbonyl (C=O) groups excluding carboxylic acids is 1. The molecule has 10 heteroatoms. The summed E-state index contributed by atoms with van der Waals surface area (Å²) in [6, 6.07) is 8.15. The number of anilines is 2. The van der Waals surface area contributed by atoms with Crippen molar-refractivity contribution in [3.8, 4) is 5.75 Å². The monoisotopic (exact) mass is 385 g/mol. The van der Waals surface area contributed by atoms with E-state index in [4.69, 9.17) is 11.6 Å². The second-order valence-electron chi connectivity index (χ2n) is 5.18. The number of rotatable bonds is 7. The van der Waals surface area contributed by atoms with Crippen LogP contribution >= 0.6 is 11.6 Å². The molecule has 1 amide bonds. The summed E-state index contributed by atoms with van der Waals surface area (Å²) >= 11 is 5.82. The average Bonchev–Trinajstić information content (AvgIpc) is 2.56. The zero-order chi connectivity index (χ0) is 19.3. The molecule has 2 rings (SSSR count). The molecular weight excluding hydrogens is 372 g/mol. The van der Waals surface area contributed by atoms with Gasteiger partial charge in [-0.2, -0.15) is 8.78 Å². The largest absolute Gasteiger partial charge is 0.433 e. The van der Waals surface area contributed by atoms with Crippen LogP contribution in [0.1, 0.15) is 5.56 Å². The third kappa shape index (κ3) is 5.28. The fourth-order valence-electron chi connectivity index (χ4n) is 2.04. The quantitative estimate of drug-likeness (QED) is 0.550. The molecule has 0 unspecified atom stereocenters. The maximum atomic E-state index is 12.2. The van der Waals surface area contributed by atoms with Gasteiger partial charge in [0.05, 0.1) is 22.2 Å². The normalized spacial score (nSPS) is 10.5. The van der Waals surface area contributed by atoms with Gasteiger partial charge in [-0.25, -0.2) is 0 Å². The maximum absolute atomic E-state index is 12.2. The fraction of sp³-hybridized carbons (Fsp3) is 0.188. The first kappa shape index (κ1) is 19.4. The van der Waals surface area contributed by atoms with Crippen molar-refractivity contribution in [1.82, 2.24) is 0 Å². The van der Waals surface area contributed by atoms with Gasteiger partial charge in [-0.1, -0.05) is 17.7 Å². The first-order chi connectivity index (χ1) is 12.3. The van der Waals surface area contributed by atoms with E-state index >= 15 is 0 Å². The topological polar surface area (TPSA) is 93.5 Å². The summed E-state index contributed by atoms with van der Waals surface area (Å²) in [6.07, 6.45) is 0. The molecule has 0 bridgehead atoms. The summed E-state index contributed by atoms with van der Waals surface area (Å²) in [5, 5.41) is 16.1. The summed E-state index contributed by atoms with van der Waals surface area (Å²) in [6.45, 7) is -1.45. The molecule has 26 heavy (non-hydrogen) atoms. The number of ether oxygens (including phenoxy) is 1. The van der Waals surface area contributed by atoms with Crippen molar-refractivity contribution in [1.29, 1.82) is 0 Å². The molecule has 2 N–H and O–H groups in total. The molecule has 0 spiro atoms. The molecular formula is C16H14ClF2N3O4. The third-order valence-electron chi connectivity index (χ3n) is 3.31. The van der Waals surface area contributed by atoms with E-state index in [9.17, 15) is 23.7 Å². The Bertz CT molecular complexity index is 833. The third-order valence-corrected chi connectivity index (χ3v) is 3.60. The van der Waals surface area contributed by atoms with Crippen LogP contribution in [-0.4, -0.2) is 24.0 Å². The zero-order valence-corrected chi connectivity index (χ0v) is 14.2. The lowest BCUT2D eigenvalue weighted by Gasteiger charge is -2.11. The number of halogens is 3. The SMILES string of the molecule is Cc1ccc([N+](=O)[O-])cc1NC(=O)CNc1ccc(OC(F)F)c(Cl)c1. The Morgan fingerprint density at radius 2 is 2.04 bits per heavy atom. The van der Waals surface area contributed by atoms with E-state index in [1.165, 1.54) is 36.4 Å². The van der Waals surface area contributed by atoms with Gasteiger partial charge in [0, 0.05) is 17.8 Å².